The fourth-order valence-corrected chi connectivity index (χ4v) is 2.44. The van der Waals surface area contributed by atoms with Crippen LogP contribution in [-0.4, -0.2) is 24.7 Å². The number of nitrogens with zero attached hydrogens (tertiary/aromatic N) is 1. The molecule has 0 fully saturated rings. The predicted octanol–water partition coefficient (Wildman–Crippen LogP) is 3.88. The van der Waals surface area contributed by atoms with Crippen LogP contribution in [0.5, 0.6) is 17.2 Å². The highest BCUT2D eigenvalue weighted by molar-refractivity contribution is 6.35. The minimum atomic E-state index is -0.546. The van der Waals surface area contributed by atoms with Crippen molar-refractivity contribution in [2.45, 2.75) is 0 Å². The Morgan fingerprint density at radius 2 is 1.83 bits per heavy atom. The molecule has 0 aliphatic heterocycles. The van der Waals surface area contributed by atoms with E-state index in [9.17, 15) is 4.79 Å². The van der Waals surface area contributed by atoms with E-state index in [2.05, 4.69) is 4.98 Å². The summed E-state index contributed by atoms with van der Waals surface area (Å²) in [6.07, 6.45) is 1.61. The lowest BCUT2D eigenvalue weighted by Gasteiger charge is -2.11. The molecule has 1 heterocycles. The predicted molar refractivity (Wildman–Crippen MR) is 90.9 cm³/mol. The second kappa shape index (κ2) is 7.19. The molecule has 122 valence electrons. The van der Waals surface area contributed by atoms with Crippen LogP contribution in [0.2, 0.25) is 5.02 Å². The van der Waals surface area contributed by atoms with Gasteiger partial charge in [0.15, 0.2) is 23.9 Å². The number of methoxy groups -OCH3 is 1. The summed E-state index contributed by atoms with van der Waals surface area (Å²) in [5, 5.41) is 1.26. The topological polar surface area (TPSA) is 57.7 Å². The average Bonchev–Trinajstić information content (AvgIpc) is 2.63. The van der Waals surface area contributed by atoms with Crippen molar-refractivity contribution in [1.82, 2.24) is 4.98 Å². The van der Waals surface area contributed by atoms with Gasteiger partial charge in [-0.25, -0.2) is 4.79 Å². The summed E-state index contributed by atoms with van der Waals surface area (Å²) < 4.78 is 16.0. The maximum Gasteiger partial charge on any atom is 0.349 e. The third-order valence-corrected chi connectivity index (χ3v) is 3.65. The van der Waals surface area contributed by atoms with Crippen molar-refractivity contribution in [3.05, 3.63) is 59.8 Å². The number of ether oxygens (including phenoxy) is 3. The highest BCUT2D eigenvalue weighted by atomic mass is 35.5. The van der Waals surface area contributed by atoms with Crippen molar-refractivity contribution in [2.75, 3.05) is 13.7 Å². The number of benzene rings is 2. The molecule has 6 heteroatoms. The zero-order chi connectivity index (χ0) is 16.9. The van der Waals surface area contributed by atoms with E-state index in [0.717, 1.165) is 5.39 Å². The van der Waals surface area contributed by atoms with Gasteiger partial charge < -0.3 is 14.2 Å². The maximum atomic E-state index is 12.1. The molecular formula is C18H14ClNO4. The molecule has 0 atom stereocenters. The van der Waals surface area contributed by atoms with E-state index >= 15 is 0 Å². The third kappa shape index (κ3) is 3.41. The summed E-state index contributed by atoms with van der Waals surface area (Å²) in [5.41, 5.74) is 0.524. The van der Waals surface area contributed by atoms with Crippen molar-refractivity contribution in [3.63, 3.8) is 0 Å². The molecule has 0 aliphatic rings. The summed E-state index contributed by atoms with van der Waals surface area (Å²) in [6.45, 7) is -0.253. The molecule has 0 spiro atoms. The number of aromatic nitrogens is 1. The molecule has 0 saturated heterocycles. The number of hydrogen-bond donors (Lipinski definition) is 0. The average molecular weight is 344 g/mol. The first-order chi connectivity index (χ1) is 11.7. The van der Waals surface area contributed by atoms with Crippen molar-refractivity contribution >= 4 is 28.5 Å². The maximum absolute atomic E-state index is 12.1. The minimum absolute atomic E-state index is 0.253. The quantitative estimate of drug-likeness (QED) is 0.519. The molecule has 2 aromatic carbocycles. The monoisotopic (exact) mass is 343 g/mol. The van der Waals surface area contributed by atoms with Crippen LogP contribution in [0.4, 0.5) is 0 Å². The van der Waals surface area contributed by atoms with E-state index in [4.69, 9.17) is 25.8 Å². The Labute approximate surface area is 143 Å². The second-order valence-corrected chi connectivity index (χ2v) is 5.27. The SMILES string of the molecule is COc1ccccc1OCC(=O)Oc1ccc(Cl)c2cccnc12. The molecule has 1 aromatic heterocycles. The first kappa shape index (κ1) is 16.1. The Hall–Kier alpha value is -2.79. The normalized spacial score (nSPS) is 10.4. The van der Waals surface area contributed by atoms with Crippen LogP contribution in [0, 0.1) is 0 Å². The molecule has 24 heavy (non-hydrogen) atoms. The second-order valence-electron chi connectivity index (χ2n) is 4.86. The van der Waals surface area contributed by atoms with Crippen molar-refractivity contribution in [1.29, 1.82) is 0 Å². The van der Waals surface area contributed by atoms with Gasteiger partial charge in [0.05, 0.1) is 12.1 Å². The van der Waals surface area contributed by atoms with Crippen LogP contribution in [0.1, 0.15) is 0 Å². The molecule has 0 N–H and O–H groups in total. The van der Waals surface area contributed by atoms with Crippen molar-refractivity contribution in [2.24, 2.45) is 0 Å². The summed E-state index contributed by atoms with van der Waals surface area (Å²) in [7, 11) is 1.53. The Balaban J connectivity index is 1.73. The van der Waals surface area contributed by atoms with Gasteiger partial charge in [-0.15, -0.1) is 0 Å². The Kier molecular flexibility index (Phi) is 4.82. The lowest BCUT2D eigenvalue weighted by Crippen LogP contribution is -2.18. The number of hydrogen-bond acceptors (Lipinski definition) is 5. The summed E-state index contributed by atoms with van der Waals surface area (Å²) in [6, 6.07) is 13.9. The lowest BCUT2D eigenvalue weighted by atomic mass is 10.2. The van der Waals surface area contributed by atoms with Crippen LogP contribution >= 0.6 is 11.6 Å². The number of rotatable bonds is 5. The Morgan fingerprint density at radius 3 is 2.62 bits per heavy atom. The standard InChI is InChI=1S/C18H14ClNO4/c1-22-14-6-2-3-7-15(14)23-11-17(21)24-16-9-8-13(19)12-5-4-10-20-18(12)16/h2-10H,11H2,1H3. The van der Waals surface area contributed by atoms with Crippen molar-refractivity contribution in [3.8, 4) is 17.2 Å². The smallest absolute Gasteiger partial charge is 0.349 e. The van der Waals surface area contributed by atoms with Gasteiger partial charge in [0.25, 0.3) is 0 Å². The molecule has 5 nitrogen and oxygen atoms in total. The Bertz CT molecular complexity index is 882. The number of fused-ring (bicyclic) bond motifs is 1. The molecule has 0 radical (unpaired) electrons. The minimum Gasteiger partial charge on any atom is -0.493 e. The number of halogens is 1. The first-order valence-electron chi connectivity index (χ1n) is 7.19. The van der Waals surface area contributed by atoms with Gasteiger partial charge in [0.2, 0.25) is 0 Å². The van der Waals surface area contributed by atoms with Gasteiger partial charge in [-0.1, -0.05) is 23.7 Å². The van der Waals surface area contributed by atoms with Gasteiger partial charge in [-0.05, 0) is 36.4 Å². The van der Waals surface area contributed by atoms with Crippen molar-refractivity contribution < 1.29 is 19.0 Å². The van der Waals surface area contributed by atoms with Crippen LogP contribution in [0.15, 0.2) is 54.7 Å². The summed E-state index contributed by atoms with van der Waals surface area (Å²) in [4.78, 5) is 16.3. The molecule has 0 unspecified atom stereocenters. The van der Waals surface area contributed by atoms with Gasteiger partial charge >= 0.3 is 5.97 Å². The van der Waals surface area contributed by atoms with E-state index in [0.29, 0.717) is 27.8 Å². The zero-order valence-electron chi connectivity index (χ0n) is 12.9. The molecule has 0 saturated carbocycles. The largest absolute Gasteiger partial charge is 0.493 e. The van der Waals surface area contributed by atoms with E-state index < -0.39 is 5.97 Å². The van der Waals surface area contributed by atoms with E-state index in [-0.39, 0.29) is 6.61 Å². The number of carbonyl (C=O) groups is 1. The van der Waals surface area contributed by atoms with Gasteiger partial charge in [-0.3, -0.25) is 4.98 Å². The molecule has 3 rings (SSSR count). The van der Waals surface area contributed by atoms with E-state index in [1.54, 1.807) is 42.6 Å². The number of pyridine rings is 1. The zero-order valence-corrected chi connectivity index (χ0v) is 13.6. The van der Waals surface area contributed by atoms with Crippen LogP contribution < -0.4 is 14.2 Å². The number of esters is 1. The number of para-hydroxylation sites is 2. The fraction of sp³-hybridized carbons (Fsp3) is 0.111. The molecule has 0 bridgehead atoms. The van der Waals surface area contributed by atoms with Gasteiger partial charge in [0, 0.05) is 11.6 Å². The van der Waals surface area contributed by atoms with E-state index in [1.807, 2.05) is 12.1 Å². The highest BCUT2D eigenvalue weighted by Crippen LogP contribution is 2.30. The molecule has 3 aromatic rings. The lowest BCUT2D eigenvalue weighted by molar-refractivity contribution is -0.136. The number of carbonyl (C=O) groups excluding carboxylic acids is 1. The summed E-state index contributed by atoms with van der Waals surface area (Å²) in [5.74, 6) is 0.804. The van der Waals surface area contributed by atoms with E-state index in [1.165, 1.54) is 7.11 Å². The van der Waals surface area contributed by atoms with Crippen LogP contribution in [0.3, 0.4) is 0 Å². The molecule has 0 amide bonds. The highest BCUT2D eigenvalue weighted by Gasteiger charge is 2.13. The van der Waals surface area contributed by atoms with Gasteiger partial charge in [-0.2, -0.15) is 0 Å². The summed E-state index contributed by atoms with van der Waals surface area (Å²) >= 11 is 6.12. The van der Waals surface area contributed by atoms with Crippen LogP contribution in [0.25, 0.3) is 10.9 Å². The third-order valence-electron chi connectivity index (χ3n) is 3.32. The first-order valence-corrected chi connectivity index (χ1v) is 7.56. The van der Waals surface area contributed by atoms with Crippen LogP contribution in [-0.2, 0) is 4.79 Å². The molecular weight excluding hydrogens is 330 g/mol. The van der Waals surface area contributed by atoms with Gasteiger partial charge in [0.1, 0.15) is 5.52 Å². The molecule has 0 aliphatic carbocycles. The Morgan fingerprint density at radius 1 is 1.04 bits per heavy atom. The fourth-order valence-electron chi connectivity index (χ4n) is 2.22.